The van der Waals surface area contributed by atoms with E-state index in [1.807, 2.05) is 6.92 Å². The number of rotatable bonds is 3. The minimum Gasteiger partial charge on any atom is -0.345 e. The summed E-state index contributed by atoms with van der Waals surface area (Å²) < 4.78 is 0. The van der Waals surface area contributed by atoms with Gasteiger partial charge >= 0.3 is 0 Å². The number of hydrogen-bond donors (Lipinski definition) is 1. The Morgan fingerprint density at radius 3 is 2.93 bits per heavy atom. The van der Waals surface area contributed by atoms with E-state index in [1.54, 1.807) is 11.3 Å². The molecule has 2 N–H and O–H groups in total. The van der Waals surface area contributed by atoms with Crippen molar-refractivity contribution in [2.75, 3.05) is 7.05 Å². The number of aromatic nitrogens is 1. The summed E-state index contributed by atoms with van der Waals surface area (Å²) in [4.78, 5) is 4.49. The first kappa shape index (κ1) is 10.3. The van der Waals surface area contributed by atoms with Gasteiger partial charge in [-0.25, -0.2) is 4.98 Å². The number of quaternary nitrogens is 1. The lowest BCUT2D eigenvalue weighted by Crippen LogP contribution is -2.77. The highest BCUT2D eigenvalue weighted by molar-refractivity contribution is 7.09. The van der Waals surface area contributed by atoms with Gasteiger partial charge in [0.15, 0.2) is 0 Å². The minimum absolute atomic E-state index is 1.02. The third-order valence-electron chi connectivity index (χ3n) is 2.28. The van der Waals surface area contributed by atoms with E-state index in [2.05, 4.69) is 47.0 Å². The van der Waals surface area contributed by atoms with Crippen molar-refractivity contribution >= 4 is 11.3 Å². The van der Waals surface area contributed by atoms with Crippen LogP contribution in [0.1, 0.15) is 10.6 Å². The molecular weight excluding hydrogens is 204 g/mol. The van der Waals surface area contributed by atoms with Crippen molar-refractivity contribution in [3.8, 4) is 11.3 Å². The molecule has 0 fully saturated rings. The van der Waals surface area contributed by atoms with E-state index in [0.717, 1.165) is 17.2 Å². The Bertz CT molecular complexity index is 448. The van der Waals surface area contributed by atoms with Crippen LogP contribution in [-0.4, -0.2) is 12.0 Å². The number of thiazole rings is 1. The molecule has 0 bridgehead atoms. The molecule has 0 amide bonds. The molecule has 78 valence electrons. The first-order chi connectivity index (χ1) is 7.29. The standard InChI is InChI=1S/C12H14N2S/c1-9-14-12(8-15-9)11-5-3-4-10(6-11)7-13-2/h3-6,8,13H,7H2,1-2H3/p+1. The van der Waals surface area contributed by atoms with E-state index in [-0.39, 0.29) is 0 Å². The number of nitrogens with two attached hydrogens (primary N) is 1. The maximum absolute atomic E-state index is 4.49. The van der Waals surface area contributed by atoms with Crippen LogP contribution in [0.25, 0.3) is 11.3 Å². The highest BCUT2D eigenvalue weighted by Crippen LogP contribution is 2.21. The molecule has 0 spiro atoms. The van der Waals surface area contributed by atoms with Gasteiger partial charge in [-0.1, -0.05) is 18.2 Å². The lowest BCUT2D eigenvalue weighted by Gasteiger charge is -2.00. The molecule has 0 aliphatic carbocycles. The molecule has 1 heterocycles. The Labute approximate surface area is 94.0 Å². The maximum Gasteiger partial charge on any atom is 0.101 e. The first-order valence-electron chi connectivity index (χ1n) is 5.09. The van der Waals surface area contributed by atoms with E-state index < -0.39 is 0 Å². The molecule has 0 saturated carbocycles. The number of benzene rings is 1. The molecule has 2 aromatic rings. The Hall–Kier alpha value is -1.19. The summed E-state index contributed by atoms with van der Waals surface area (Å²) in [6, 6.07) is 8.59. The lowest BCUT2D eigenvalue weighted by atomic mass is 10.1. The molecule has 3 heteroatoms. The predicted molar refractivity (Wildman–Crippen MR) is 63.8 cm³/mol. The first-order valence-corrected chi connectivity index (χ1v) is 5.97. The van der Waals surface area contributed by atoms with Crippen LogP contribution in [0.3, 0.4) is 0 Å². The molecule has 0 unspecified atom stereocenters. The van der Waals surface area contributed by atoms with Crippen molar-refractivity contribution in [1.82, 2.24) is 4.98 Å². The Balaban J connectivity index is 2.32. The van der Waals surface area contributed by atoms with Crippen molar-refractivity contribution in [1.29, 1.82) is 0 Å². The van der Waals surface area contributed by atoms with Crippen molar-refractivity contribution in [2.45, 2.75) is 13.5 Å². The minimum atomic E-state index is 1.02. The summed E-state index contributed by atoms with van der Waals surface area (Å²) in [5, 5.41) is 5.41. The van der Waals surface area contributed by atoms with Gasteiger partial charge in [0.25, 0.3) is 0 Å². The van der Waals surface area contributed by atoms with Crippen LogP contribution in [-0.2, 0) is 6.54 Å². The van der Waals surface area contributed by atoms with Gasteiger partial charge in [-0.15, -0.1) is 11.3 Å². The van der Waals surface area contributed by atoms with Crippen LogP contribution >= 0.6 is 11.3 Å². The Morgan fingerprint density at radius 2 is 2.27 bits per heavy atom. The van der Waals surface area contributed by atoms with Gasteiger partial charge in [-0.3, -0.25) is 0 Å². The van der Waals surface area contributed by atoms with Crippen LogP contribution < -0.4 is 5.32 Å². The fourth-order valence-electron chi connectivity index (χ4n) is 1.59. The molecule has 2 nitrogen and oxygen atoms in total. The number of nitrogens with zero attached hydrogens (tertiary/aromatic N) is 1. The maximum atomic E-state index is 4.49. The molecule has 15 heavy (non-hydrogen) atoms. The molecule has 0 aliphatic heterocycles. The van der Waals surface area contributed by atoms with Gasteiger partial charge in [0.05, 0.1) is 17.7 Å². The molecule has 2 rings (SSSR count). The zero-order valence-corrected chi connectivity index (χ0v) is 9.84. The van der Waals surface area contributed by atoms with Crippen molar-refractivity contribution < 1.29 is 5.32 Å². The lowest BCUT2D eigenvalue weighted by molar-refractivity contribution is -0.643. The second kappa shape index (κ2) is 4.55. The van der Waals surface area contributed by atoms with Gasteiger partial charge in [-0.2, -0.15) is 0 Å². The largest absolute Gasteiger partial charge is 0.345 e. The summed E-state index contributed by atoms with van der Waals surface area (Å²) >= 11 is 1.70. The highest BCUT2D eigenvalue weighted by Gasteiger charge is 2.02. The van der Waals surface area contributed by atoms with Gasteiger partial charge in [-0.05, 0) is 13.0 Å². The third kappa shape index (κ3) is 2.43. The van der Waals surface area contributed by atoms with Crippen LogP contribution in [0.2, 0.25) is 0 Å². The summed E-state index contributed by atoms with van der Waals surface area (Å²) in [7, 11) is 2.08. The Morgan fingerprint density at radius 1 is 1.40 bits per heavy atom. The van der Waals surface area contributed by atoms with E-state index in [0.29, 0.717) is 0 Å². The molecular formula is C12H15N2S+. The fraction of sp³-hybridized carbons (Fsp3) is 0.250. The van der Waals surface area contributed by atoms with Gasteiger partial charge < -0.3 is 5.32 Å². The second-order valence-corrected chi connectivity index (χ2v) is 4.63. The quantitative estimate of drug-likeness (QED) is 0.838. The molecule has 0 radical (unpaired) electrons. The SMILES string of the molecule is C[NH2+]Cc1cccc(-c2csc(C)n2)c1. The third-order valence-corrected chi connectivity index (χ3v) is 3.06. The summed E-state index contributed by atoms with van der Waals surface area (Å²) in [5.74, 6) is 0. The van der Waals surface area contributed by atoms with Gasteiger partial charge in [0.1, 0.15) is 6.54 Å². The van der Waals surface area contributed by atoms with E-state index >= 15 is 0 Å². The summed E-state index contributed by atoms with van der Waals surface area (Å²) in [5.41, 5.74) is 3.66. The van der Waals surface area contributed by atoms with E-state index in [4.69, 9.17) is 0 Å². The highest BCUT2D eigenvalue weighted by atomic mass is 32.1. The normalized spacial score (nSPS) is 10.5. The molecule has 1 aromatic carbocycles. The zero-order chi connectivity index (χ0) is 10.7. The van der Waals surface area contributed by atoms with E-state index in [1.165, 1.54) is 11.1 Å². The van der Waals surface area contributed by atoms with Crippen LogP contribution in [0, 0.1) is 6.92 Å². The zero-order valence-electron chi connectivity index (χ0n) is 9.03. The van der Waals surface area contributed by atoms with Gasteiger partial charge in [0, 0.05) is 16.5 Å². The number of aryl methyl sites for hydroxylation is 1. The van der Waals surface area contributed by atoms with Crippen molar-refractivity contribution in [3.63, 3.8) is 0 Å². The summed E-state index contributed by atoms with van der Waals surface area (Å²) in [6.07, 6.45) is 0. The topological polar surface area (TPSA) is 29.5 Å². The monoisotopic (exact) mass is 219 g/mol. The predicted octanol–water partition coefficient (Wildman–Crippen LogP) is 1.81. The van der Waals surface area contributed by atoms with Crippen LogP contribution in [0.5, 0.6) is 0 Å². The van der Waals surface area contributed by atoms with Crippen LogP contribution in [0.15, 0.2) is 29.6 Å². The van der Waals surface area contributed by atoms with E-state index in [9.17, 15) is 0 Å². The van der Waals surface area contributed by atoms with Crippen LogP contribution in [0.4, 0.5) is 0 Å². The average molecular weight is 219 g/mol. The van der Waals surface area contributed by atoms with Crippen molar-refractivity contribution in [3.05, 3.63) is 40.2 Å². The van der Waals surface area contributed by atoms with Crippen molar-refractivity contribution in [2.24, 2.45) is 0 Å². The fourth-order valence-corrected chi connectivity index (χ4v) is 2.21. The molecule has 0 saturated heterocycles. The molecule has 1 aromatic heterocycles. The number of hydrogen-bond acceptors (Lipinski definition) is 2. The van der Waals surface area contributed by atoms with Gasteiger partial charge in [0.2, 0.25) is 0 Å². The average Bonchev–Trinajstić information content (AvgIpc) is 2.66. The second-order valence-electron chi connectivity index (χ2n) is 3.56. The Kier molecular flexibility index (Phi) is 3.14. The molecule has 0 atom stereocenters. The smallest absolute Gasteiger partial charge is 0.101 e. The molecule has 0 aliphatic rings. The summed E-state index contributed by atoms with van der Waals surface area (Å²) in [6.45, 7) is 3.06.